The average molecular weight is 365 g/mol. The first-order valence-electron chi connectivity index (χ1n) is 7.16. The number of amides is 1. The molecule has 104 valence electrons. The van der Waals surface area contributed by atoms with E-state index in [2.05, 4.69) is 36.6 Å². The van der Waals surface area contributed by atoms with E-state index in [1.54, 1.807) is 0 Å². The highest BCUT2D eigenvalue weighted by Crippen LogP contribution is 2.24. The van der Waals surface area contributed by atoms with Crippen LogP contribution < -0.4 is 8.85 Å². The second-order valence-electron chi connectivity index (χ2n) is 5.50. The van der Waals surface area contributed by atoms with Gasteiger partial charge in [-0.1, -0.05) is 0 Å². The smallest absolute Gasteiger partial charge is 0.223 e. The molecule has 1 saturated carbocycles. The van der Waals surface area contributed by atoms with Gasteiger partial charge in [-0.3, -0.25) is 8.32 Å². The minimum absolute atomic E-state index is 0.254. The fraction of sp³-hybridized carbons (Fsp3) is 0.923. The Hall–Kier alpha value is 0.120. The predicted molar refractivity (Wildman–Crippen MR) is 81.6 cm³/mol. The second-order valence-corrected chi connectivity index (χ2v) is 6.12. The Balaban J connectivity index is 1.59. The molecule has 5 heteroatoms. The standard InChI is InChI=1S/C13H24IN3O/c14-16-12-5-3-11(4-6-12)13(18)15-7-10-17-8-1-2-9-17/h11-12,16H,1-10H2,(H,15,18). The van der Waals surface area contributed by atoms with E-state index in [-0.39, 0.29) is 11.8 Å². The SMILES string of the molecule is O=C(NCCN1CCCC1)C1CCC(NI)CC1. The lowest BCUT2D eigenvalue weighted by atomic mass is 9.86. The van der Waals surface area contributed by atoms with Crippen molar-refractivity contribution in [3.05, 3.63) is 0 Å². The summed E-state index contributed by atoms with van der Waals surface area (Å²) >= 11 is 2.22. The lowest BCUT2D eigenvalue weighted by molar-refractivity contribution is -0.126. The molecule has 2 aliphatic rings. The predicted octanol–water partition coefficient (Wildman–Crippen LogP) is 1.70. The monoisotopic (exact) mass is 365 g/mol. The van der Waals surface area contributed by atoms with Crippen molar-refractivity contribution in [2.45, 2.75) is 44.6 Å². The number of carbonyl (C=O) groups is 1. The fourth-order valence-electron chi connectivity index (χ4n) is 2.95. The maximum Gasteiger partial charge on any atom is 0.223 e. The van der Waals surface area contributed by atoms with Gasteiger partial charge in [-0.15, -0.1) is 0 Å². The highest BCUT2D eigenvalue weighted by molar-refractivity contribution is 14.1. The second kappa shape index (κ2) is 7.65. The van der Waals surface area contributed by atoms with E-state index in [1.165, 1.54) is 25.9 Å². The number of carbonyl (C=O) groups excluding carboxylic acids is 1. The van der Waals surface area contributed by atoms with Gasteiger partial charge < -0.3 is 10.2 Å². The Bertz CT molecular complexity index is 261. The number of halogens is 1. The quantitative estimate of drug-likeness (QED) is 0.576. The van der Waals surface area contributed by atoms with Gasteiger partial charge in [0.15, 0.2) is 0 Å². The molecule has 0 aromatic carbocycles. The van der Waals surface area contributed by atoms with Crippen LogP contribution >= 0.6 is 22.9 Å². The first kappa shape index (κ1) is 14.5. The van der Waals surface area contributed by atoms with Crippen LogP contribution in [0.5, 0.6) is 0 Å². The third-order valence-electron chi connectivity index (χ3n) is 4.18. The number of rotatable bonds is 5. The van der Waals surface area contributed by atoms with Gasteiger partial charge in [0, 0.05) is 47.9 Å². The number of nitrogens with one attached hydrogen (secondary N) is 2. The van der Waals surface area contributed by atoms with Gasteiger partial charge in [-0.2, -0.15) is 0 Å². The van der Waals surface area contributed by atoms with Crippen molar-refractivity contribution in [1.82, 2.24) is 13.7 Å². The first-order chi connectivity index (χ1) is 8.79. The zero-order chi connectivity index (χ0) is 12.8. The molecule has 1 aliphatic heterocycles. The van der Waals surface area contributed by atoms with Crippen molar-refractivity contribution >= 4 is 28.8 Å². The third kappa shape index (κ3) is 4.35. The van der Waals surface area contributed by atoms with Gasteiger partial charge in [0.25, 0.3) is 0 Å². The van der Waals surface area contributed by atoms with Crippen molar-refractivity contribution in [1.29, 1.82) is 0 Å². The van der Waals surface area contributed by atoms with Crippen LogP contribution in [0, 0.1) is 5.92 Å². The van der Waals surface area contributed by atoms with Crippen LogP contribution in [-0.2, 0) is 4.79 Å². The number of likely N-dealkylation sites (tertiary alicyclic amines) is 1. The van der Waals surface area contributed by atoms with Crippen LogP contribution in [0.25, 0.3) is 0 Å². The van der Waals surface area contributed by atoms with E-state index in [4.69, 9.17) is 0 Å². The van der Waals surface area contributed by atoms with E-state index in [0.717, 1.165) is 38.8 Å². The highest BCUT2D eigenvalue weighted by Gasteiger charge is 2.25. The zero-order valence-corrected chi connectivity index (χ0v) is 13.1. The molecular weight excluding hydrogens is 341 g/mol. The Morgan fingerprint density at radius 1 is 1.17 bits per heavy atom. The maximum absolute atomic E-state index is 12.0. The normalized spacial score (nSPS) is 29.4. The van der Waals surface area contributed by atoms with Crippen molar-refractivity contribution in [3.63, 3.8) is 0 Å². The molecule has 2 N–H and O–H groups in total. The van der Waals surface area contributed by atoms with Gasteiger partial charge in [0.1, 0.15) is 0 Å². The van der Waals surface area contributed by atoms with Crippen LogP contribution in [0.3, 0.4) is 0 Å². The molecule has 0 atom stereocenters. The molecule has 0 aromatic rings. The van der Waals surface area contributed by atoms with Gasteiger partial charge in [0.05, 0.1) is 0 Å². The van der Waals surface area contributed by atoms with Crippen LogP contribution in [0.4, 0.5) is 0 Å². The largest absolute Gasteiger partial charge is 0.355 e. The van der Waals surface area contributed by atoms with Crippen LogP contribution in [0.1, 0.15) is 38.5 Å². The summed E-state index contributed by atoms with van der Waals surface area (Å²) in [5.74, 6) is 0.533. The van der Waals surface area contributed by atoms with Gasteiger partial charge in [-0.25, -0.2) is 0 Å². The molecule has 0 bridgehead atoms. The lowest BCUT2D eigenvalue weighted by Crippen LogP contribution is -2.39. The average Bonchev–Trinajstić information content (AvgIpc) is 2.92. The Kier molecular flexibility index (Phi) is 6.17. The maximum atomic E-state index is 12.0. The van der Waals surface area contributed by atoms with Crippen LogP contribution in [-0.4, -0.2) is 43.0 Å². The molecule has 0 unspecified atom stereocenters. The van der Waals surface area contributed by atoms with Crippen molar-refractivity contribution in [3.8, 4) is 0 Å². The molecule has 0 aromatic heterocycles. The molecule has 1 heterocycles. The van der Waals surface area contributed by atoms with Gasteiger partial charge >= 0.3 is 0 Å². The molecule has 1 aliphatic carbocycles. The minimum atomic E-state index is 0.254. The first-order valence-corrected chi connectivity index (χ1v) is 8.23. The molecule has 18 heavy (non-hydrogen) atoms. The summed E-state index contributed by atoms with van der Waals surface area (Å²) in [4.78, 5) is 14.5. The van der Waals surface area contributed by atoms with E-state index in [1.807, 2.05) is 0 Å². The lowest BCUT2D eigenvalue weighted by Gasteiger charge is -2.27. The molecular formula is C13H24IN3O. The number of hydrogen-bond donors (Lipinski definition) is 2. The molecule has 4 nitrogen and oxygen atoms in total. The molecule has 2 fully saturated rings. The van der Waals surface area contributed by atoms with E-state index >= 15 is 0 Å². The summed E-state index contributed by atoms with van der Waals surface area (Å²) in [6.45, 7) is 4.27. The van der Waals surface area contributed by atoms with Crippen LogP contribution in [0.15, 0.2) is 0 Å². The van der Waals surface area contributed by atoms with Crippen molar-refractivity contribution < 1.29 is 4.79 Å². The zero-order valence-electron chi connectivity index (χ0n) is 11.0. The molecule has 1 amide bonds. The van der Waals surface area contributed by atoms with E-state index < -0.39 is 0 Å². The van der Waals surface area contributed by atoms with Crippen molar-refractivity contribution in [2.24, 2.45) is 5.92 Å². The summed E-state index contributed by atoms with van der Waals surface area (Å²) < 4.78 is 3.28. The summed E-state index contributed by atoms with van der Waals surface area (Å²) in [6, 6.07) is 0.610. The number of nitrogens with zero attached hydrogens (tertiary/aromatic N) is 1. The molecule has 0 spiro atoms. The third-order valence-corrected chi connectivity index (χ3v) is 5.06. The minimum Gasteiger partial charge on any atom is -0.355 e. The Labute approximate surface area is 124 Å². The number of hydrogen-bond acceptors (Lipinski definition) is 3. The Morgan fingerprint density at radius 3 is 2.44 bits per heavy atom. The summed E-state index contributed by atoms with van der Waals surface area (Å²) in [5.41, 5.74) is 0. The molecule has 2 rings (SSSR count). The summed E-state index contributed by atoms with van der Waals surface area (Å²) in [6.07, 6.45) is 6.98. The summed E-state index contributed by atoms with van der Waals surface area (Å²) in [7, 11) is 0. The highest BCUT2D eigenvalue weighted by atomic mass is 127. The van der Waals surface area contributed by atoms with E-state index in [0.29, 0.717) is 6.04 Å². The fourth-order valence-corrected chi connectivity index (χ4v) is 3.58. The molecule has 0 radical (unpaired) electrons. The topological polar surface area (TPSA) is 44.4 Å². The van der Waals surface area contributed by atoms with Gasteiger partial charge in [0.2, 0.25) is 5.91 Å². The van der Waals surface area contributed by atoms with E-state index in [9.17, 15) is 4.79 Å². The molecule has 1 saturated heterocycles. The Morgan fingerprint density at radius 2 is 1.83 bits per heavy atom. The van der Waals surface area contributed by atoms with Gasteiger partial charge in [-0.05, 0) is 51.6 Å². The summed E-state index contributed by atoms with van der Waals surface area (Å²) in [5, 5.41) is 3.11. The van der Waals surface area contributed by atoms with Crippen LogP contribution in [0.2, 0.25) is 0 Å². The van der Waals surface area contributed by atoms with Crippen molar-refractivity contribution in [2.75, 3.05) is 26.2 Å².